The molecule has 0 saturated carbocycles. The summed E-state index contributed by atoms with van der Waals surface area (Å²) in [5, 5.41) is 0.395. The molecule has 1 atom stereocenters. The van der Waals surface area contributed by atoms with Crippen molar-refractivity contribution in [2.24, 2.45) is 5.73 Å². The zero-order valence-corrected chi connectivity index (χ0v) is 11.6. The second-order valence-corrected chi connectivity index (χ2v) is 5.25. The lowest BCUT2D eigenvalue weighted by Crippen LogP contribution is -2.22. The minimum atomic E-state index is -0.356. The minimum absolute atomic E-state index is 0.327. The maximum Gasteiger partial charge on any atom is 0.230 e. The van der Waals surface area contributed by atoms with E-state index in [1.807, 2.05) is 35.0 Å². The molecule has 0 aliphatic rings. The van der Waals surface area contributed by atoms with Gasteiger partial charge in [-0.2, -0.15) is 0 Å². The van der Waals surface area contributed by atoms with Crippen molar-refractivity contribution >= 4 is 17.7 Å². The van der Waals surface area contributed by atoms with E-state index < -0.39 is 0 Å². The van der Waals surface area contributed by atoms with Crippen LogP contribution in [0.1, 0.15) is 6.92 Å². The van der Waals surface area contributed by atoms with Gasteiger partial charge in [0.15, 0.2) is 5.16 Å². The van der Waals surface area contributed by atoms with Gasteiger partial charge in [0.05, 0.1) is 18.0 Å². The summed E-state index contributed by atoms with van der Waals surface area (Å²) in [5.41, 5.74) is 6.20. The zero-order chi connectivity index (χ0) is 13.8. The van der Waals surface area contributed by atoms with Gasteiger partial charge < -0.3 is 10.5 Å². The number of amides is 1. The number of imidazole rings is 1. The van der Waals surface area contributed by atoms with Crippen LogP contribution in [0.4, 0.5) is 0 Å². The van der Waals surface area contributed by atoms with Crippen molar-refractivity contribution in [3.8, 4) is 11.4 Å². The van der Waals surface area contributed by atoms with Crippen molar-refractivity contribution in [3.05, 3.63) is 36.7 Å². The number of hydrogen-bond acceptors (Lipinski definition) is 4. The summed E-state index contributed by atoms with van der Waals surface area (Å²) < 4.78 is 7.09. The molecule has 19 heavy (non-hydrogen) atoms. The number of carbonyl (C=O) groups excluding carboxylic acids is 1. The molecule has 5 nitrogen and oxygen atoms in total. The van der Waals surface area contributed by atoms with Crippen molar-refractivity contribution in [2.75, 3.05) is 7.11 Å². The summed E-state index contributed by atoms with van der Waals surface area (Å²) in [7, 11) is 1.62. The fourth-order valence-electron chi connectivity index (χ4n) is 1.55. The van der Waals surface area contributed by atoms with Gasteiger partial charge in [-0.25, -0.2) is 4.98 Å². The number of carbonyl (C=O) groups is 1. The van der Waals surface area contributed by atoms with Crippen molar-refractivity contribution in [1.82, 2.24) is 9.55 Å². The average Bonchev–Trinajstić information content (AvgIpc) is 2.86. The van der Waals surface area contributed by atoms with Crippen LogP contribution >= 0.6 is 11.8 Å². The Balaban J connectivity index is 2.30. The third-order valence-electron chi connectivity index (χ3n) is 2.62. The highest BCUT2D eigenvalue weighted by atomic mass is 32.2. The third kappa shape index (κ3) is 3.08. The monoisotopic (exact) mass is 277 g/mol. The number of nitrogens with two attached hydrogens (primary N) is 1. The maximum absolute atomic E-state index is 11.1. The van der Waals surface area contributed by atoms with Gasteiger partial charge in [-0.05, 0) is 19.1 Å². The van der Waals surface area contributed by atoms with E-state index in [0.29, 0.717) is 0 Å². The predicted octanol–water partition coefficient (Wildman–Crippen LogP) is 1.85. The van der Waals surface area contributed by atoms with Crippen LogP contribution in [0.5, 0.6) is 5.75 Å². The first-order chi connectivity index (χ1) is 9.11. The molecule has 2 N–H and O–H groups in total. The van der Waals surface area contributed by atoms with Crippen molar-refractivity contribution in [3.63, 3.8) is 0 Å². The fourth-order valence-corrected chi connectivity index (χ4v) is 2.38. The summed E-state index contributed by atoms with van der Waals surface area (Å²) in [4.78, 5) is 15.4. The molecule has 0 aliphatic carbocycles. The van der Waals surface area contributed by atoms with Gasteiger partial charge in [-0.15, -0.1) is 0 Å². The second-order valence-electron chi connectivity index (χ2n) is 3.94. The molecular formula is C13H15N3O2S. The van der Waals surface area contributed by atoms with Gasteiger partial charge in [0.1, 0.15) is 5.75 Å². The number of thioether (sulfide) groups is 1. The van der Waals surface area contributed by atoms with Gasteiger partial charge in [0.2, 0.25) is 5.91 Å². The Labute approximate surface area is 115 Å². The molecule has 1 amide bonds. The molecule has 0 fully saturated rings. The highest BCUT2D eigenvalue weighted by Crippen LogP contribution is 2.25. The maximum atomic E-state index is 11.1. The van der Waals surface area contributed by atoms with Crippen LogP contribution in [0.25, 0.3) is 5.69 Å². The SMILES string of the molecule is COc1cccc(-n2ccnc2S[C@@H](C)C(N)=O)c1. The molecule has 0 unspecified atom stereocenters. The van der Waals surface area contributed by atoms with Crippen LogP contribution in [-0.2, 0) is 4.79 Å². The summed E-state index contributed by atoms with van der Waals surface area (Å²) in [6.07, 6.45) is 3.53. The van der Waals surface area contributed by atoms with E-state index in [1.54, 1.807) is 20.2 Å². The summed E-state index contributed by atoms with van der Waals surface area (Å²) in [6.45, 7) is 1.76. The molecule has 2 rings (SSSR count). The molecule has 100 valence electrons. The molecule has 1 aromatic heterocycles. The molecule has 0 spiro atoms. The van der Waals surface area contributed by atoms with Gasteiger partial charge in [0.25, 0.3) is 0 Å². The Hall–Kier alpha value is -1.95. The van der Waals surface area contributed by atoms with Crippen LogP contribution in [0.15, 0.2) is 41.8 Å². The number of rotatable bonds is 5. The Bertz CT molecular complexity index is 583. The normalized spacial score (nSPS) is 12.1. The highest BCUT2D eigenvalue weighted by molar-refractivity contribution is 8.00. The van der Waals surface area contributed by atoms with Crippen molar-refractivity contribution in [2.45, 2.75) is 17.3 Å². The first-order valence-corrected chi connectivity index (χ1v) is 6.63. The molecule has 2 aromatic rings. The fraction of sp³-hybridized carbons (Fsp3) is 0.231. The lowest BCUT2D eigenvalue weighted by molar-refractivity contribution is -0.117. The van der Waals surface area contributed by atoms with E-state index >= 15 is 0 Å². The van der Waals surface area contributed by atoms with E-state index in [4.69, 9.17) is 10.5 Å². The average molecular weight is 277 g/mol. The summed E-state index contributed by atoms with van der Waals surface area (Å²) >= 11 is 1.33. The second kappa shape index (κ2) is 5.79. The molecule has 0 aliphatic heterocycles. The first kappa shape index (κ1) is 13.5. The topological polar surface area (TPSA) is 70.1 Å². The number of primary amides is 1. The van der Waals surface area contributed by atoms with Crippen LogP contribution in [0, 0.1) is 0 Å². The molecule has 1 aromatic carbocycles. The lowest BCUT2D eigenvalue weighted by atomic mass is 10.3. The zero-order valence-electron chi connectivity index (χ0n) is 10.7. The van der Waals surface area contributed by atoms with Crippen LogP contribution in [0.3, 0.4) is 0 Å². The van der Waals surface area contributed by atoms with E-state index in [9.17, 15) is 4.79 Å². The predicted molar refractivity (Wildman–Crippen MR) is 74.6 cm³/mol. The van der Waals surface area contributed by atoms with E-state index in [1.165, 1.54) is 11.8 Å². The number of nitrogens with zero attached hydrogens (tertiary/aromatic N) is 2. The number of ether oxygens (including phenoxy) is 1. The van der Waals surface area contributed by atoms with E-state index in [-0.39, 0.29) is 11.2 Å². The number of benzene rings is 1. The van der Waals surface area contributed by atoms with Crippen LogP contribution in [-0.4, -0.2) is 27.8 Å². The Kier molecular flexibility index (Phi) is 4.11. The number of hydrogen-bond donors (Lipinski definition) is 1. The van der Waals surface area contributed by atoms with Crippen LogP contribution < -0.4 is 10.5 Å². The molecule has 6 heteroatoms. The molecule has 0 saturated heterocycles. The smallest absolute Gasteiger partial charge is 0.230 e. The van der Waals surface area contributed by atoms with Crippen molar-refractivity contribution in [1.29, 1.82) is 0 Å². The van der Waals surface area contributed by atoms with E-state index in [0.717, 1.165) is 16.6 Å². The summed E-state index contributed by atoms with van der Waals surface area (Å²) in [6, 6.07) is 7.63. The van der Waals surface area contributed by atoms with Gasteiger partial charge in [-0.1, -0.05) is 17.8 Å². The summed E-state index contributed by atoms with van der Waals surface area (Å²) in [5.74, 6) is 0.412. The number of aromatic nitrogens is 2. The van der Waals surface area contributed by atoms with Gasteiger partial charge in [0, 0.05) is 18.5 Å². The van der Waals surface area contributed by atoms with Gasteiger partial charge >= 0.3 is 0 Å². The van der Waals surface area contributed by atoms with Crippen LogP contribution in [0.2, 0.25) is 0 Å². The Morgan fingerprint density at radius 3 is 3.00 bits per heavy atom. The Morgan fingerprint density at radius 1 is 1.53 bits per heavy atom. The molecular weight excluding hydrogens is 262 g/mol. The molecule has 1 heterocycles. The van der Waals surface area contributed by atoms with Crippen molar-refractivity contribution < 1.29 is 9.53 Å². The minimum Gasteiger partial charge on any atom is -0.497 e. The quantitative estimate of drug-likeness (QED) is 0.847. The molecule has 0 radical (unpaired) electrons. The van der Waals surface area contributed by atoms with Gasteiger partial charge in [-0.3, -0.25) is 9.36 Å². The first-order valence-electron chi connectivity index (χ1n) is 5.75. The largest absolute Gasteiger partial charge is 0.497 e. The molecule has 0 bridgehead atoms. The van der Waals surface area contributed by atoms with E-state index in [2.05, 4.69) is 4.98 Å². The lowest BCUT2D eigenvalue weighted by Gasteiger charge is -2.11. The number of methoxy groups -OCH3 is 1. The Morgan fingerprint density at radius 2 is 2.32 bits per heavy atom. The standard InChI is InChI=1S/C13H15N3O2S/c1-9(12(14)17)19-13-15-6-7-16(13)10-4-3-5-11(8-10)18-2/h3-9H,1-2H3,(H2,14,17)/t9-/m0/s1. The third-order valence-corrected chi connectivity index (χ3v) is 3.72. The highest BCUT2D eigenvalue weighted by Gasteiger charge is 2.15.